The molecular formula is C27H36N4O2. The van der Waals surface area contributed by atoms with Crippen molar-refractivity contribution in [2.45, 2.75) is 52.4 Å². The summed E-state index contributed by atoms with van der Waals surface area (Å²) in [5.41, 5.74) is 7.94. The summed E-state index contributed by atoms with van der Waals surface area (Å²) in [5, 5.41) is 3.99. The number of benzene rings is 1. The third-order valence-electron chi connectivity index (χ3n) is 7.34. The lowest BCUT2D eigenvalue weighted by atomic mass is 9.87. The molecule has 2 N–H and O–H groups in total. The summed E-state index contributed by atoms with van der Waals surface area (Å²) < 4.78 is 1.69. The van der Waals surface area contributed by atoms with E-state index < -0.39 is 0 Å². The molecule has 1 fully saturated rings. The number of likely N-dealkylation sites (N-methyl/N-ethyl adjacent to an activating group) is 1. The number of carbonyl (C=O) groups is 1. The smallest absolute Gasteiger partial charge is 0.253 e. The fourth-order valence-electron chi connectivity index (χ4n) is 5.23. The monoisotopic (exact) mass is 448 g/mol. The molecule has 1 aliphatic rings. The molecule has 176 valence electrons. The van der Waals surface area contributed by atoms with Crippen LogP contribution < -0.4 is 10.9 Å². The molecule has 4 rings (SSSR count). The number of carbonyl (C=O) groups excluding carboxylic acids is 1. The normalized spacial score (nSPS) is 15.5. The Morgan fingerprint density at radius 3 is 2.52 bits per heavy atom. The van der Waals surface area contributed by atoms with Crippen molar-refractivity contribution in [2.75, 3.05) is 26.7 Å². The molecule has 1 amide bonds. The first-order valence-corrected chi connectivity index (χ1v) is 12.0. The summed E-state index contributed by atoms with van der Waals surface area (Å²) >= 11 is 0. The zero-order valence-corrected chi connectivity index (χ0v) is 20.7. The van der Waals surface area contributed by atoms with Gasteiger partial charge in [-0.05, 0) is 80.4 Å². The number of aromatic amines is 1. The molecule has 6 nitrogen and oxygen atoms in total. The zero-order valence-electron chi connectivity index (χ0n) is 20.7. The summed E-state index contributed by atoms with van der Waals surface area (Å²) in [4.78, 5) is 30.0. The summed E-state index contributed by atoms with van der Waals surface area (Å²) in [6.45, 7) is 10.8. The van der Waals surface area contributed by atoms with Crippen LogP contribution in [0.15, 0.2) is 29.2 Å². The number of H-pyrrole nitrogens is 1. The highest BCUT2D eigenvalue weighted by atomic mass is 16.2. The number of nitrogens with zero attached hydrogens (tertiary/aromatic N) is 2. The van der Waals surface area contributed by atoms with Gasteiger partial charge in [-0.25, -0.2) is 0 Å². The van der Waals surface area contributed by atoms with Crippen LogP contribution in [0.25, 0.3) is 22.2 Å². The third kappa shape index (κ3) is 4.36. The van der Waals surface area contributed by atoms with Gasteiger partial charge < -0.3 is 14.9 Å². The van der Waals surface area contributed by atoms with Crippen molar-refractivity contribution in [1.29, 1.82) is 0 Å². The molecule has 3 aromatic rings. The number of aryl methyl sites for hydroxylation is 1. The van der Waals surface area contributed by atoms with E-state index in [1.807, 2.05) is 27.1 Å². The van der Waals surface area contributed by atoms with Crippen LogP contribution in [0.2, 0.25) is 0 Å². The molecule has 0 unspecified atom stereocenters. The van der Waals surface area contributed by atoms with Crippen molar-refractivity contribution in [2.24, 2.45) is 7.05 Å². The Kier molecular flexibility index (Phi) is 6.48. The van der Waals surface area contributed by atoms with Crippen LogP contribution in [-0.4, -0.2) is 47.0 Å². The summed E-state index contributed by atoms with van der Waals surface area (Å²) in [6.07, 6.45) is 4.09. The Balaban J connectivity index is 1.71. The van der Waals surface area contributed by atoms with Gasteiger partial charge in [0.15, 0.2) is 0 Å². The molecule has 1 aromatic carbocycles. The average molecular weight is 449 g/mol. The minimum Gasteiger partial charge on any atom is -0.358 e. The maximum absolute atomic E-state index is 12.4. The van der Waals surface area contributed by atoms with E-state index in [0.717, 1.165) is 53.8 Å². The predicted octanol–water partition coefficient (Wildman–Crippen LogP) is 4.20. The Morgan fingerprint density at radius 2 is 1.88 bits per heavy atom. The molecule has 3 heterocycles. The Hall–Kier alpha value is -2.86. The first kappa shape index (κ1) is 23.3. The first-order chi connectivity index (χ1) is 15.7. The number of amides is 1. The van der Waals surface area contributed by atoms with Gasteiger partial charge in [-0.2, -0.15) is 0 Å². The van der Waals surface area contributed by atoms with Gasteiger partial charge in [-0.1, -0.05) is 19.9 Å². The van der Waals surface area contributed by atoms with E-state index in [-0.39, 0.29) is 11.5 Å². The Labute approximate surface area is 196 Å². The van der Waals surface area contributed by atoms with Gasteiger partial charge in [0.25, 0.3) is 5.56 Å². The van der Waals surface area contributed by atoms with E-state index in [4.69, 9.17) is 0 Å². The molecule has 6 heteroatoms. The van der Waals surface area contributed by atoms with Crippen molar-refractivity contribution in [3.05, 3.63) is 57.0 Å². The van der Waals surface area contributed by atoms with Gasteiger partial charge in [0.05, 0.1) is 12.2 Å². The Morgan fingerprint density at radius 1 is 1.18 bits per heavy atom. The van der Waals surface area contributed by atoms with E-state index in [9.17, 15) is 9.59 Å². The lowest BCUT2D eigenvalue weighted by molar-refractivity contribution is -0.122. The molecule has 0 aliphatic carbocycles. The molecule has 1 saturated heterocycles. The molecule has 2 aromatic heterocycles. The fourth-order valence-corrected chi connectivity index (χ4v) is 5.23. The number of fused-ring (bicyclic) bond motifs is 1. The fraction of sp³-hybridized carbons (Fsp3) is 0.481. The number of piperidine rings is 1. The summed E-state index contributed by atoms with van der Waals surface area (Å²) in [5.74, 6) is 0.936. The quantitative estimate of drug-likeness (QED) is 0.615. The topological polar surface area (TPSA) is 70.1 Å². The number of hydrogen-bond acceptors (Lipinski definition) is 3. The maximum Gasteiger partial charge on any atom is 0.253 e. The zero-order chi connectivity index (χ0) is 23.9. The first-order valence-electron chi connectivity index (χ1n) is 12.0. The highest BCUT2D eigenvalue weighted by molar-refractivity contribution is 5.92. The molecular weight excluding hydrogens is 412 g/mol. The maximum atomic E-state index is 12.4. The summed E-state index contributed by atoms with van der Waals surface area (Å²) in [6, 6.07) is 6.83. The van der Waals surface area contributed by atoms with Crippen LogP contribution in [0.1, 0.15) is 60.8 Å². The van der Waals surface area contributed by atoms with Crippen molar-refractivity contribution in [3.8, 4) is 11.3 Å². The molecule has 1 aliphatic heterocycles. The van der Waals surface area contributed by atoms with E-state index in [0.29, 0.717) is 18.4 Å². The molecule has 0 radical (unpaired) electrons. The highest BCUT2D eigenvalue weighted by Gasteiger charge is 2.24. The second-order valence-corrected chi connectivity index (χ2v) is 9.81. The minimum atomic E-state index is 0.0588. The van der Waals surface area contributed by atoms with E-state index in [1.165, 1.54) is 16.5 Å². The predicted molar refractivity (Wildman–Crippen MR) is 135 cm³/mol. The number of aromatic nitrogens is 2. The molecule has 0 atom stereocenters. The number of nitrogens with one attached hydrogen (secondary N) is 2. The third-order valence-corrected chi connectivity index (χ3v) is 7.34. The van der Waals surface area contributed by atoms with E-state index in [1.54, 1.807) is 11.6 Å². The van der Waals surface area contributed by atoms with Gasteiger partial charge in [-0.3, -0.25) is 14.5 Å². The van der Waals surface area contributed by atoms with Crippen molar-refractivity contribution in [1.82, 2.24) is 19.8 Å². The SMILES string of the molecule is CNC(=O)CN1CCC(c2ccc3[nH]c(-c4cn(C)c(=O)c(C)c4C)c(C(C)C)c3c2)CC1. The van der Waals surface area contributed by atoms with Gasteiger partial charge in [-0.15, -0.1) is 0 Å². The number of pyridine rings is 1. The number of hydrogen-bond donors (Lipinski definition) is 2. The van der Waals surface area contributed by atoms with Crippen LogP contribution in [0.3, 0.4) is 0 Å². The van der Waals surface area contributed by atoms with Crippen LogP contribution in [0.4, 0.5) is 0 Å². The molecule has 0 saturated carbocycles. The van der Waals surface area contributed by atoms with Crippen LogP contribution in [0.5, 0.6) is 0 Å². The minimum absolute atomic E-state index is 0.0588. The average Bonchev–Trinajstić information content (AvgIpc) is 3.19. The second kappa shape index (κ2) is 9.18. The highest BCUT2D eigenvalue weighted by Crippen LogP contribution is 2.39. The molecule has 0 bridgehead atoms. The van der Waals surface area contributed by atoms with Crippen LogP contribution >= 0.6 is 0 Å². The van der Waals surface area contributed by atoms with E-state index >= 15 is 0 Å². The molecule has 0 spiro atoms. The molecule has 33 heavy (non-hydrogen) atoms. The van der Waals surface area contributed by atoms with E-state index in [2.05, 4.69) is 47.2 Å². The van der Waals surface area contributed by atoms with Crippen molar-refractivity contribution < 1.29 is 4.79 Å². The van der Waals surface area contributed by atoms with Gasteiger partial charge in [0.1, 0.15) is 0 Å². The van der Waals surface area contributed by atoms with Gasteiger partial charge in [0, 0.05) is 42.3 Å². The Bertz CT molecular complexity index is 1240. The second-order valence-electron chi connectivity index (χ2n) is 9.81. The van der Waals surface area contributed by atoms with Crippen molar-refractivity contribution >= 4 is 16.8 Å². The van der Waals surface area contributed by atoms with Crippen molar-refractivity contribution in [3.63, 3.8) is 0 Å². The van der Waals surface area contributed by atoms with Crippen LogP contribution in [0, 0.1) is 13.8 Å². The lowest BCUT2D eigenvalue weighted by Crippen LogP contribution is -2.40. The van der Waals surface area contributed by atoms with Gasteiger partial charge >= 0.3 is 0 Å². The number of likely N-dealkylation sites (tertiary alicyclic amines) is 1. The summed E-state index contributed by atoms with van der Waals surface area (Å²) in [7, 11) is 3.52. The lowest BCUT2D eigenvalue weighted by Gasteiger charge is -2.31. The largest absolute Gasteiger partial charge is 0.358 e. The van der Waals surface area contributed by atoms with Gasteiger partial charge in [0.2, 0.25) is 5.91 Å². The van der Waals surface area contributed by atoms with Crippen LogP contribution in [-0.2, 0) is 11.8 Å². The standard InChI is InChI=1S/C27H36N4O2/c1-16(2)25-21-13-20(19-9-11-31(12-10-19)15-24(32)28-5)7-8-23(21)29-26(25)22-14-30(6)27(33)18(4)17(22)3/h7-8,13-14,16,19,29H,9-12,15H2,1-6H3,(H,28,32). The number of rotatable bonds is 5.